The highest BCUT2D eigenvalue weighted by molar-refractivity contribution is 7.99. The van der Waals surface area contributed by atoms with Gasteiger partial charge in [0.25, 0.3) is 0 Å². The van der Waals surface area contributed by atoms with E-state index in [1.54, 1.807) is 0 Å². The van der Waals surface area contributed by atoms with E-state index in [9.17, 15) is 4.79 Å². The van der Waals surface area contributed by atoms with Gasteiger partial charge in [-0.15, -0.1) is 11.8 Å². The predicted molar refractivity (Wildman–Crippen MR) is 70.4 cm³/mol. The number of hydrogen-bond acceptors (Lipinski definition) is 3. The summed E-state index contributed by atoms with van der Waals surface area (Å²) in [7, 11) is 1.48. The van der Waals surface area contributed by atoms with Crippen LogP contribution in [-0.2, 0) is 14.9 Å². The molecule has 0 aromatic heterocycles. The highest BCUT2D eigenvalue weighted by Crippen LogP contribution is 2.44. The van der Waals surface area contributed by atoms with E-state index < -0.39 is 0 Å². The lowest BCUT2D eigenvalue weighted by Crippen LogP contribution is -2.43. The molecule has 0 atom stereocenters. The first-order valence-corrected chi connectivity index (χ1v) is 7.03. The van der Waals surface area contributed by atoms with Crippen molar-refractivity contribution in [2.24, 2.45) is 0 Å². The largest absolute Gasteiger partial charge is 0.468 e. The number of thioether (sulfide) groups is 1. The molecular formula is C14H18O2S. The van der Waals surface area contributed by atoms with Gasteiger partial charge >= 0.3 is 5.97 Å². The summed E-state index contributed by atoms with van der Waals surface area (Å²) in [5.74, 6) is 0.987. The molecule has 0 saturated heterocycles. The van der Waals surface area contributed by atoms with Crippen LogP contribution in [0.4, 0.5) is 0 Å². The fraction of sp³-hybridized carbons (Fsp3) is 0.500. The summed E-state index contributed by atoms with van der Waals surface area (Å²) in [6.07, 6.45) is 2.94. The zero-order chi connectivity index (χ0) is 12.3. The van der Waals surface area contributed by atoms with Gasteiger partial charge in [-0.05, 0) is 36.3 Å². The van der Waals surface area contributed by atoms with E-state index in [4.69, 9.17) is 4.74 Å². The van der Waals surface area contributed by atoms with Gasteiger partial charge in [0, 0.05) is 4.90 Å². The van der Waals surface area contributed by atoms with E-state index in [-0.39, 0.29) is 11.4 Å². The first kappa shape index (κ1) is 12.5. The van der Waals surface area contributed by atoms with E-state index >= 15 is 0 Å². The Labute approximate surface area is 107 Å². The smallest absolute Gasteiger partial charge is 0.316 e. The third-order valence-corrected chi connectivity index (χ3v) is 4.40. The van der Waals surface area contributed by atoms with Crippen LogP contribution in [0.3, 0.4) is 0 Å². The molecule has 0 bridgehead atoms. The zero-order valence-electron chi connectivity index (χ0n) is 10.4. The fourth-order valence-electron chi connectivity index (χ4n) is 2.37. The maximum Gasteiger partial charge on any atom is 0.316 e. The van der Waals surface area contributed by atoms with E-state index in [2.05, 4.69) is 31.2 Å². The molecule has 0 amide bonds. The Morgan fingerprint density at radius 1 is 1.35 bits per heavy atom. The highest BCUT2D eigenvalue weighted by atomic mass is 32.2. The van der Waals surface area contributed by atoms with Gasteiger partial charge in [0.1, 0.15) is 0 Å². The number of rotatable bonds is 4. The van der Waals surface area contributed by atoms with Crippen molar-refractivity contribution in [3.8, 4) is 0 Å². The number of methoxy groups -OCH3 is 1. The minimum atomic E-state index is -0.357. The van der Waals surface area contributed by atoms with Crippen molar-refractivity contribution in [2.75, 3.05) is 12.9 Å². The quantitative estimate of drug-likeness (QED) is 0.605. The number of benzene rings is 1. The van der Waals surface area contributed by atoms with Crippen molar-refractivity contribution in [1.82, 2.24) is 0 Å². The molecule has 1 aromatic carbocycles. The lowest BCUT2D eigenvalue weighted by Gasteiger charge is -2.39. The van der Waals surface area contributed by atoms with E-state index in [0.717, 1.165) is 30.6 Å². The average molecular weight is 250 g/mol. The maximum absolute atomic E-state index is 11.9. The van der Waals surface area contributed by atoms with Crippen LogP contribution in [0, 0.1) is 0 Å². The lowest BCUT2D eigenvalue weighted by atomic mass is 9.64. The van der Waals surface area contributed by atoms with Crippen LogP contribution in [0.25, 0.3) is 0 Å². The van der Waals surface area contributed by atoms with Crippen LogP contribution >= 0.6 is 11.8 Å². The molecule has 1 saturated carbocycles. The number of carbonyl (C=O) groups is 1. The van der Waals surface area contributed by atoms with Crippen LogP contribution < -0.4 is 0 Å². The molecule has 1 aliphatic carbocycles. The minimum Gasteiger partial charge on any atom is -0.468 e. The average Bonchev–Trinajstić information content (AvgIpc) is 2.30. The molecule has 3 heteroatoms. The summed E-state index contributed by atoms with van der Waals surface area (Å²) in [6, 6.07) is 8.36. The van der Waals surface area contributed by atoms with Crippen LogP contribution in [0.2, 0.25) is 0 Å². The van der Waals surface area contributed by atoms with Crippen LogP contribution in [0.15, 0.2) is 29.2 Å². The lowest BCUT2D eigenvalue weighted by molar-refractivity contribution is -0.151. The first-order valence-electron chi connectivity index (χ1n) is 6.04. The number of esters is 1. The topological polar surface area (TPSA) is 26.3 Å². The molecule has 2 nitrogen and oxygen atoms in total. The molecule has 0 N–H and O–H groups in total. The summed E-state index contributed by atoms with van der Waals surface area (Å²) in [6.45, 7) is 2.14. The van der Waals surface area contributed by atoms with Crippen molar-refractivity contribution in [2.45, 2.75) is 36.5 Å². The molecular weight excluding hydrogens is 232 g/mol. The molecule has 92 valence electrons. The van der Waals surface area contributed by atoms with Gasteiger partial charge in [-0.3, -0.25) is 4.79 Å². The van der Waals surface area contributed by atoms with Gasteiger partial charge in [-0.1, -0.05) is 25.5 Å². The van der Waals surface area contributed by atoms with Gasteiger partial charge in [0.2, 0.25) is 0 Å². The second kappa shape index (κ2) is 5.13. The summed E-state index contributed by atoms with van der Waals surface area (Å²) in [5, 5.41) is 0. The third kappa shape index (κ3) is 2.21. The van der Waals surface area contributed by atoms with Crippen LogP contribution in [0.5, 0.6) is 0 Å². The standard InChI is InChI=1S/C14H18O2S/c1-3-17-12-7-5-11(6-8-12)14(9-4-10-14)13(15)16-2/h5-8H,3-4,9-10H2,1-2H3. The van der Waals surface area contributed by atoms with Gasteiger partial charge in [0.15, 0.2) is 0 Å². The molecule has 0 heterocycles. The minimum absolute atomic E-state index is 0.0837. The second-order valence-electron chi connectivity index (χ2n) is 4.38. The Morgan fingerprint density at radius 2 is 2.00 bits per heavy atom. The number of carbonyl (C=O) groups excluding carboxylic acids is 1. The Morgan fingerprint density at radius 3 is 2.41 bits per heavy atom. The van der Waals surface area contributed by atoms with Gasteiger partial charge in [-0.2, -0.15) is 0 Å². The Balaban J connectivity index is 2.23. The molecule has 0 aliphatic heterocycles. The third-order valence-electron chi connectivity index (χ3n) is 3.50. The second-order valence-corrected chi connectivity index (χ2v) is 5.72. The van der Waals surface area contributed by atoms with Gasteiger partial charge in [0.05, 0.1) is 12.5 Å². The predicted octanol–water partition coefficient (Wildman–Crippen LogP) is 3.39. The zero-order valence-corrected chi connectivity index (χ0v) is 11.2. The molecule has 2 rings (SSSR count). The summed E-state index contributed by atoms with van der Waals surface area (Å²) in [4.78, 5) is 13.2. The van der Waals surface area contributed by atoms with Gasteiger partial charge < -0.3 is 4.74 Å². The maximum atomic E-state index is 11.9. The SMILES string of the molecule is CCSc1ccc(C2(C(=O)OC)CCC2)cc1. The highest BCUT2D eigenvalue weighted by Gasteiger charge is 2.46. The van der Waals surface area contributed by atoms with E-state index in [1.807, 2.05) is 11.8 Å². The van der Waals surface area contributed by atoms with Crippen molar-refractivity contribution in [3.05, 3.63) is 29.8 Å². The fourth-order valence-corrected chi connectivity index (χ4v) is 3.04. The molecule has 0 unspecified atom stereocenters. The number of hydrogen-bond donors (Lipinski definition) is 0. The number of ether oxygens (including phenoxy) is 1. The Kier molecular flexibility index (Phi) is 3.77. The van der Waals surface area contributed by atoms with Crippen LogP contribution in [0.1, 0.15) is 31.7 Å². The van der Waals surface area contributed by atoms with Crippen molar-refractivity contribution in [3.63, 3.8) is 0 Å². The molecule has 1 fully saturated rings. The van der Waals surface area contributed by atoms with Crippen LogP contribution in [-0.4, -0.2) is 18.8 Å². The van der Waals surface area contributed by atoms with Crippen molar-refractivity contribution >= 4 is 17.7 Å². The summed E-state index contributed by atoms with van der Waals surface area (Å²) >= 11 is 1.82. The summed E-state index contributed by atoms with van der Waals surface area (Å²) < 4.78 is 4.95. The molecule has 17 heavy (non-hydrogen) atoms. The molecule has 1 aliphatic rings. The first-order chi connectivity index (χ1) is 8.23. The van der Waals surface area contributed by atoms with E-state index in [0.29, 0.717) is 0 Å². The van der Waals surface area contributed by atoms with Gasteiger partial charge in [-0.25, -0.2) is 0 Å². The Hall–Kier alpha value is -0.960. The summed E-state index contributed by atoms with van der Waals surface area (Å²) in [5.41, 5.74) is 0.750. The molecule has 0 spiro atoms. The van der Waals surface area contributed by atoms with E-state index in [1.165, 1.54) is 12.0 Å². The molecule has 0 radical (unpaired) electrons. The Bertz CT molecular complexity index is 393. The normalized spacial score (nSPS) is 17.3. The van der Waals surface area contributed by atoms with Crippen molar-refractivity contribution in [1.29, 1.82) is 0 Å². The molecule has 1 aromatic rings. The van der Waals surface area contributed by atoms with Crippen molar-refractivity contribution < 1.29 is 9.53 Å². The monoisotopic (exact) mass is 250 g/mol.